The summed E-state index contributed by atoms with van der Waals surface area (Å²) in [6, 6.07) is 28.5. The first-order chi connectivity index (χ1) is 51.4. The normalized spacial score (nSPS) is 17.2. The molecule has 0 radical (unpaired) electrons. The summed E-state index contributed by atoms with van der Waals surface area (Å²) in [6.07, 6.45) is 1.16. The molecule has 2 heterocycles. The van der Waals surface area contributed by atoms with Crippen LogP contribution in [0.1, 0.15) is 237 Å². The number of oxime groups is 3. The molecule has 26 heteroatoms. The van der Waals surface area contributed by atoms with E-state index >= 15 is 0 Å². The first-order valence-electron chi connectivity index (χ1n) is 37.0. The Labute approximate surface area is 622 Å². The fourth-order valence-electron chi connectivity index (χ4n) is 14.7. The van der Waals surface area contributed by atoms with Gasteiger partial charge in [0.1, 0.15) is 31.5 Å². The van der Waals surface area contributed by atoms with Gasteiger partial charge < -0.3 is 35.1 Å². The van der Waals surface area contributed by atoms with Crippen molar-refractivity contribution in [3.05, 3.63) is 210 Å². The molecule has 15 nitrogen and oxygen atoms in total. The zero-order chi connectivity index (χ0) is 77.9. The van der Waals surface area contributed by atoms with E-state index in [-0.39, 0.29) is 63.0 Å². The minimum Gasteiger partial charge on any atom is -0.481 e. The van der Waals surface area contributed by atoms with E-state index in [1.165, 1.54) is 18.2 Å². The van der Waals surface area contributed by atoms with Gasteiger partial charge in [-0.25, -0.2) is 8.78 Å². The fraction of sp³-hybridized carbons (Fsp3) is 0.488. The number of halogens is 11. The van der Waals surface area contributed by atoms with Crippen molar-refractivity contribution in [1.29, 1.82) is 0 Å². The van der Waals surface area contributed by atoms with Crippen LogP contribution in [0.5, 0.6) is 0 Å². The summed E-state index contributed by atoms with van der Waals surface area (Å²) in [5.74, 6) is -4.30. The number of hydrogen-bond acceptors (Lipinski definition) is 12. The summed E-state index contributed by atoms with van der Waals surface area (Å²) < 4.78 is 153. The zero-order valence-electron chi connectivity index (χ0n) is 61.3. The van der Waals surface area contributed by atoms with Gasteiger partial charge in [-0.2, -0.15) is 39.5 Å². The van der Waals surface area contributed by atoms with Crippen LogP contribution >= 0.6 is 0 Å². The van der Waals surface area contributed by atoms with E-state index in [4.69, 9.17) is 29.8 Å². The fourth-order valence-corrected chi connectivity index (χ4v) is 14.7. The molecular weight excluding hydrogens is 1420 g/mol. The van der Waals surface area contributed by atoms with Gasteiger partial charge in [0.15, 0.2) is 0 Å². The van der Waals surface area contributed by atoms with Crippen LogP contribution in [0.2, 0.25) is 0 Å². The van der Waals surface area contributed by atoms with Crippen molar-refractivity contribution in [1.82, 2.24) is 15.1 Å². The second-order valence-electron chi connectivity index (χ2n) is 28.8. The van der Waals surface area contributed by atoms with Crippen LogP contribution in [0, 0.1) is 23.5 Å². The van der Waals surface area contributed by atoms with E-state index in [2.05, 4.69) is 38.7 Å². The average Bonchev–Trinajstić information content (AvgIpc) is 0.800. The molecule has 0 unspecified atom stereocenters. The molecule has 0 aromatic heterocycles. The van der Waals surface area contributed by atoms with Crippen molar-refractivity contribution in [3.63, 3.8) is 0 Å². The number of aliphatic carboxylic acids is 3. The van der Waals surface area contributed by atoms with Gasteiger partial charge in [-0.05, 0) is 164 Å². The molecule has 584 valence electrons. The lowest BCUT2D eigenvalue weighted by atomic mass is 9.81. The minimum absolute atomic E-state index is 0.0386. The number of nitrogens with one attached hydrogen (secondary N) is 1. The first kappa shape index (κ1) is 83.3. The van der Waals surface area contributed by atoms with E-state index in [0.717, 1.165) is 132 Å². The Morgan fingerprint density at radius 1 is 0.444 bits per heavy atom. The smallest absolute Gasteiger partial charge is 0.416 e. The number of alkyl halides is 9. The molecule has 5 aliphatic rings. The Hall–Kier alpha value is -8.75. The summed E-state index contributed by atoms with van der Waals surface area (Å²) in [7, 11) is 0. The molecule has 0 amide bonds. The van der Waals surface area contributed by atoms with Gasteiger partial charge in [0.05, 0.1) is 52.1 Å². The van der Waals surface area contributed by atoms with Crippen molar-refractivity contribution < 1.29 is 92.5 Å². The van der Waals surface area contributed by atoms with E-state index in [1.807, 2.05) is 17.0 Å². The highest BCUT2D eigenvalue weighted by Crippen LogP contribution is 2.45. The van der Waals surface area contributed by atoms with Crippen LogP contribution in [0.15, 0.2) is 125 Å². The standard InChI is InChI=1S/C29H35F3N2O3.C27H30F4N2O3.C26H30F4N2O3/c1-3-21-13-20(9-10-24(21)15-34-16-25(17-34)28(35)36)18-37-33-19(2)23-11-12-26(22-7-5-4-6-8-22)27(14-23)29(30,31)32;1-17(20-8-9-21(25(28)12-20)13-33-14-22(15-33)26(34)35)32-36-16-18-7-10-23(19-5-3-2-4-6-19)24(11-18)27(29,30)31;1-17(20-8-9-21(24(27)14-20)15-31-12-11-25(33)34)32-35-16-18-7-10-22(19-5-3-2-4-6-19)23(13-18)26(28,29)30/h9-14,22,25H,3-8,15-18H2,1-2H3,(H,35,36);7-12,19,22H,2-6,13-16H2,1H3,(H,34,35);7-10,13-14,19,31H,2-6,11-12,15-16H2,1H3,(H,33,34)/b33-19+;2*32-17+. The number of carbonyl (C=O) groups is 3. The molecule has 2 saturated heterocycles. The van der Waals surface area contributed by atoms with E-state index in [9.17, 15) is 62.7 Å². The lowest BCUT2D eigenvalue weighted by Gasteiger charge is -2.37. The Kier molecular flexibility index (Phi) is 29.7. The van der Waals surface area contributed by atoms with Crippen LogP contribution < -0.4 is 5.32 Å². The first-order valence-corrected chi connectivity index (χ1v) is 37.0. The van der Waals surface area contributed by atoms with Crippen molar-refractivity contribution in [2.45, 2.75) is 213 Å². The Morgan fingerprint density at radius 2 is 0.787 bits per heavy atom. The molecule has 6 aromatic carbocycles. The second kappa shape index (κ2) is 38.6. The maximum atomic E-state index is 14.6. The maximum absolute atomic E-state index is 14.6. The van der Waals surface area contributed by atoms with Gasteiger partial charge in [-0.3, -0.25) is 24.2 Å². The molecule has 3 aliphatic carbocycles. The van der Waals surface area contributed by atoms with Crippen molar-refractivity contribution >= 4 is 35.0 Å². The second-order valence-corrected chi connectivity index (χ2v) is 28.8. The van der Waals surface area contributed by atoms with Crippen LogP contribution in [0.25, 0.3) is 0 Å². The van der Waals surface area contributed by atoms with Crippen LogP contribution in [0.4, 0.5) is 48.3 Å². The minimum atomic E-state index is -4.44. The predicted molar refractivity (Wildman–Crippen MR) is 388 cm³/mol. The van der Waals surface area contributed by atoms with Gasteiger partial charge in [0, 0.05) is 74.6 Å². The van der Waals surface area contributed by atoms with Crippen molar-refractivity contribution in [2.75, 3.05) is 32.7 Å². The van der Waals surface area contributed by atoms with Gasteiger partial charge >= 0.3 is 36.4 Å². The number of benzene rings is 6. The molecule has 3 saturated carbocycles. The number of carboxylic acid groups (broad SMARTS) is 3. The summed E-state index contributed by atoms with van der Waals surface area (Å²) in [5.41, 5.74) is 6.69. The van der Waals surface area contributed by atoms with Crippen LogP contribution in [0.3, 0.4) is 0 Å². The summed E-state index contributed by atoms with van der Waals surface area (Å²) in [4.78, 5) is 52.6. The average molecular weight is 1520 g/mol. The molecule has 0 spiro atoms. The van der Waals surface area contributed by atoms with Gasteiger partial charge in [-0.15, -0.1) is 0 Å². The Balaban J connectivity index is 0.000000187. The molecule has 2 aliphatic heterocycles. The van der Waals surface area contributed by atoms with Gasteiger partial charge in [0.25, 0.3) is 0 Å². The van der Waals surface area contributed by atoms with Crippen LogP contribution in [-0.2, 0) is 93.3 Å². The molecule has 0 atom stereocenters. The third-order valence-corrected chi connectivity index (χ3v) is 20.9. The van der Waals surface area contributed by atoms with E-state index in [0.29, 0.717) is 112 Å². The largest absolute Gasteiger partial charge is 0.481 e. The molecule has 108 heavy (non-hydrogen) atoms. The molecule has 0 bridgehead atoms. The molecular formula is C82H95F11N6O9. The SMILES string of the molecule is C/C(=N\OCc1ccc(C2CCCCC2)c(C(F)(F)F)c1)c1ccc(CN2CC(C(=O)O)C2)c(F)c1.C/C(=N\OCc1ccc(C2CCCCC2)c(C(F)(F)F)c1)c1ccc(CNCCC(=O)O)c(F)c1.CCc1cc(CO/N=C(\C)c2ccc(C3CCCCC3)c(C(F)(F)F)c2)ccc1CN1CC(C(=O)O)C1. The van der Waals surface area contributed by atoms with E-state index < -0.39 is 70.7 Å². The highest BCUT2D eigenvalue weighted by atomic mass is 19.4. The van der Waals surface area contributed by atoms with Gasteiger partial charge in [0.2, 0.25) is 0 Å². The molecule has 11 rings (SSSR count). The third kappa shape index (κ3) is 23.9. The number of nitrogens with zero attached hydrogens (tertiary/aromatic N) is 5. The third-order valence-electron chi connectivity index (χ3n) is 20.9. The predicted octanol–water partition coefficient (Wildman–Crippen LogP) is 19.5. The maximum Gasteiger partial charge on any atom is 0.416 e. The zero-order valence-corrected chi connectivity index (χ0v) is 61.3. The number of rotatable bonds is 27. The highest BCUT2D eigenvalue weighted by molar-refractivity contribution is 5.99. The molecule has 4 N–H and O–H groups in total. The number of aryl methyl sites for hydroxylation is 1. The number of carboxylic acids is 3. The summed E-state index contributed by atoms with van der Waals surface area (Å²) in [5, 5.41) is 41.5. The topological polar surface area (TPSA) is 195 Å². The summed E-state index contributed by atoms with van der Waals surface area (Å²) >= 11 is 0. The van der Waals surface area contributed by atoms with Crippen LogP contribution in [-0.4, -0.2) is 92.9 Å². The lowest BCUT2D eigenvalue weighted by molar-refractivity contribution is -0.148. The summed E-state index contributed by atoms with van der Waals surface area (Å²) in [6.45, 7) is 10.3. The van der Waals surface area contributed by atoms with Gasteiger partial charge in [-0.1, -0.05) is 159 Å². The quantitative estimate of drug-likeness (QED) is 0.0165. The van der Waals surface area contributed by atoms with Crippen molar-refractivity contribution in [3.8, 4) is 0 Å². The van der Waals surface area contributed by atoms with E-state index in [1.54, 1.807) is 81.4 Å². The lowest BCUT2D eigenvalue weighted by Crippen LogP contribution is -2.49. The Bertz CT molecular complexity index is 4130. The highest BCUT2D eigenvalue weighted by Gasteiger charge is 2.40. The number of hydrogen-bond donors (Lipinski definition) is 4. The van der Waals surface area contributed by atoms with Crippen molar-refractivity contribution in [2.24, 2.45) is 27.3 Å². The monoisotopic (exact) mass is 1520 g/mol. The molecule has 6 aromatic rings. The number of likely N-dealkylation sites (tertiary alicyclic amines) is 2. The Morgan fingerprint density at radius 3 is 1.17 bits per heavy atom. The molecule has 5 fully saturated rings.